The molecule has 5 heteroatoms. The van der Waals surface area contributed by atoms with Gasteiger partial charge in [-0.3, -0.25) is 9.67 Å². The van der Waals surface area contributed by atoms with Crippen molar-refractivity contribution >= 4 is 0 Å². The van der Waals surface area contributed by atoms with Gasteiger partial charge in [0.05, 0.1) is 24.6 Å². The van der Waals surface area contributed by atoms with E-state index in [2.05, 4.69) is 17.0 Å². The van der Waals surface area contributed by atoms with Crippen LogP contribution in [0.1, 0.15) is 42.0 Å². The monoisotopic (exact) mass is 289 g/mol. The molecule has 2 aromatic heterocycles. The van der Waals surface area contributed by atoms with Crippen LogP contribution in [0.5, 0.6) is 5.75 Å². The third-order valence-electron chi connectivity index (χ3n) is 3.65. The lowest BCUT2D eigenvalue weighted by molar-refractivity contribution is 0.177. The van der Waals surface area contributed by atoms with Crippen LogP contribution in [0.3, 0.4) is 0 Å². The molecule has 2 aromatic rings. The van der Waals surface area contributed by atoms with Crippen molar-refractivity contribution in [2.75, 3.05) is 6.61 Å². The van der Waals surface area contributed by atoms with Crippen LogP contribution in [0.25, 0.3) is 0 Å². The molecule has 0 fully saturated rings. The molecule has 2 rings (SSSR count). The zero-order valence-corrected chi connectivity index (χ0v) is 13.1. The van der Waals surface area contributed by atoms with Gasteiger partial charge in [-0.1, -0.05) is 6.92 Å². The van der Waals surface area contributed by atoms with Crippen LogP contribution in [-0.4, -0.2) is 26.5 Å². The number of aliphatic hydroxyl groups is 1. The molecule has 0 aliphatic heterocycles. The summed E-state index contributed by atoms with van der Waals surface area (Å²) in [5.41, 5.74) is 3.90. The van der Waals surface area contributed by atoms with Crippen LogP contribution >= 0.6 is 0 Å². The van der Waals surface area contributed by atoms with Crippen molar-refractivity contribution in [2.45, 2.75) is 39.7 Å². The Hall–Kier alpha value is -1.88. The summed E-state index contributed by atoms with van der Waals surface area (Å²) in [7, 11) is 1.92. The Balaban J connectivity index is 2.14. The maximum atomic E-state index is 10.4. The van der Waals surface area contributed by atoms with Crippen molar-refractivity contribution in [2.24, 2.45) is 7.05 Å². The fraction of sp³-hybridized carbons (Fsp3) is 0.500. The van der Waals surface area contributed by atoms with Crippen molar-refractivity contribution in [3.63, 3.8) is 0 Å². The molecule has 2 heterocycles. The van der Waals surface area contributed by atoms with Crippen LogP contribution in [0.4, 0.5) is 0 Å². The maximum Gasteiger partial charge on any atom is 0.137 e. The topological polar surface area (TPSA) is 60.2 Å². The van der Waals surface area contributed by atoms with Crippen LogP contribution < -0.4 is 4.74 Å². The Morgan fingerprint density at radius 3 is 2.71 bits per heavy atom. The number of aromatic nitrogens is 3. The fourth-order valence-corrected chi connectivity index (χ4v) is 2.34. The first-order valence-electron chi connectivity index (χ1n) is 7.27. The summed E-state index contributed by atoms with van der Waals surface area (Å²) in [5, 5.41) is 14.8. The van der Waals surface area contributed by atoms with E-state index in [1.54, 1.807) is 12.4 Å². The van der Waals surface area contributed by atoms with Gasteiger partial charge < -0.3 is 9.84 Å². The average molecular weight is 289 g/mol. The Morgan fingerprint density at radius 1 is 1.33 bits per heavy atom. The zero-order valence-electron chi connectivity index (χ0n) is 13.1. The van der Waals surface area contributed by atoms with Crippen LogP contribution in [-0.2, 0) is 13.5 Å². The Kier molecular flexibility index (Phi) is 4.96. The largest absolute Gasteiger partial charge is 0.492 e. The van der Waals surface area contributed by atoms with E-state index in [1.165, 1.54) is 0 Å². The van der Waals surface area contributed by atoms with Gasteiger partial charge in [-0.05, 0) is 31.9 Å². The molecule has 1 unspecified atom stereocenters. The summed E-state index contributed by atoms with van der Waals surface area (Å²) in [6.45, 7) is 6.69. The standard InChI is InChI=1S/C16H23N3O2/c1-5-6-21-14-7-13(9-17-10-14)16(20)8-15-11(2)18-19(4)12(15)3/h7,9-10,16,20H,5-6,8H2,1-4H3. The molecule has 5 nitrogen and oxygen atoms in total. The molecular weight excluding hydrogens is 266 g/mol. The third kappa shape index (κ3) is 3.61. The Labute approximate surface area is 125 Å². The lowest BCUT2D eigenvalue weighted by atomic mass is 10.0. The van der Waals surface area contributed by atoms with Gasteiger partial charge in [-0.15, -0.1) is 0 Å². The van der Waals surface area contributed by atoms with E-state index in [1.807, 2.05) is 31.6 Å². The first kappa shape index (κ1) is 15.5. The van der Waals surface area contributed by atoms with E-state index in [0.717, 1.165) is 28.9 Å². The first-order chi connectivity index (χ1) is 10.0. The van der Waals surface area contributed by atoms with Crippen LogP contribution in [0.2, 0.25) is 0 Å². The van der Waals surface area contributed by atoms with Crippen molar-refractivity contribution in [1.29, 1.82) is 0 Å². The molecule has 0 spiro atoms. The van der Waals surface area contributed by atoms with E-state index in [9.17, 15) is 5.11 Å². The van der Waals surface area contributed by atoms with Crippen LogP contribution in [0, 0.1) is 13.8 Å². The predicted molar refractivity (Wildman–Crippen MR) is 81.4 cm³/mol. The Bertz CT molecular complexity index is 608. The summed E-state index contributed by atoms with van der Waals surface area (Å²) in [6, 6.07) is 1.86. The second kappa shape index (κ2) is 6.72. The summed E-state index contributed by atoms with van der Waals surface area (Å²) in [6.07, 6.45) is 4.23. The van der Waals surface area contributed by atoms with E-state index in [-0.39, 0.29) is 0 Å². The van der Waals surface area contributed by atoms with E-state index in [0.29, 0.717) is 18.8 Å². The van der Waals surface area contributed by atoms with Crippen molar-refractivity contribution in [3.8, 4) is 5.75 Å². The Morgan fingerprint density at radius 2 is 2.10 bits per heavy atom. The maximum absolute atomic E-state index is 10.4. The summed E-state index contributed by atoms with van der Waals surface area (Å²) in [5.74, 6) is 0.702. The summed E-state index contributed by atoms with van der Waals surface area (Å²) < 4.78 is 7.40. The summed E-state index contributed by atoms with van der Waals surface area (Å²) in [4.78, 5) is 4.14. The summed E-state index contributed by atoms with van der Waals surface area (Å²) >= 11 is 0. The predicted octanol–water partition coefficient (Wildman–Crippen LogP) is 2.50. The number of aryl methyl sites for hydroxylation is 2. The third-order valence-corrected chi connectivity index (χ3v) is 3.65. The SMILES string of the molecule is CCCOc1cncc(C(O)Cc2c(C)nn(C)c2C)c1. The molecule has 0 aromatic carbocycles. The quantitative estimate of drug-likeness (QED) is 0.887. The lowest BCUT2D eigenvalue weighted by Gasteiger charge is -2.12. The van der Waals surface area contributed by atoms with E-state index < -0.39 is 6.10 Å². The normalized spacial score (nSPS) is 12.4. The van der Waals surface area contributed by atoms with Gasteiger partial charge in [-0.2, -0.15) is 5.10 Å². The highest BCUT2D eigenvalue weighted by Crippen LogP contribution is 2.24. The minimum absolute atomic E-state index is 0.532. The molecule has 114 valence electrons. The number of ether oxygens (including phenoxy) is 1. The molecule has 0 aliphatic carbocycles. The highest BCUT2D eigenvalue weighted by atomic mass is 16.5. The fourth-order valence-electron chi connectivity index (χ4n) is 2.34. The van der Waals surface area contributed by atoms with Crippen molar-refractivity contribution < 1.29 is 9.84 Å². The molecule has 1 N–H and O–H groups in total. The average Bonchev–Trinajstić information content (AvgIpc) is 2.72. The minimum atomic E-state index is -0.607. The van der Waals surface area contributed by atoms with Gasteiger partial charge >= 0.3 is 0 Å². The molecule has 0 radical (unpaired) electrons. The zero-order chi connectivity index (χ0) is 15.4. The number of hydrogen-bond acceptors (Lipinski definition) is 4. The number of pyridine rings is 1. The lowest BCUT2D eigenvalue weighted by Crippen LogP contribution is -2.05. The molecule has 0 saturated heterocycles. The molecule has 0 bridgehead atoms. The van der Waals surface area contributed by atoms with Gasteiger partial charge in [0, 0.05) is 30.9 Å². The van der Waals surface area contributed by atoms with Gasteiger partial charge in [0.15, 0.2) is 0 Å². The number of nitrogens with zero attached hydrogens (tertiary/aromatic N) is 3. The molecule has 0 amide bonds. The highest BCUT2D eigenvalue weighted by Gasteiger charge is 2.16. The van der Waals surface area contributed by atoms with E-state index >= 15 is 0 Å². The van der Waals surface area contributed by atoms with Crippen LogP contribution in [0.15, 0.2) is 18.5 Å². The van der Waals surface area contributed by atoms with Gasteiger partial charge in [0.25, 0.3) is 0 Å². The van der Waals surface area contributed by atoms with Crippen molar-refractivity contribution in [1.82, 2.24) is 14.8 Å². The highest BCUT2D eigenvalue weighted by molar-refractivity contribution is 5.30. The molecule has 0 saturated carbocycles. The van der Waals surface area contributed by atoms with E-state index in [4.69, 9.17) is 4.74 Å². The van der Waals surface area contributed by atoms with Gasteiger partial charge in [0.2, 0.25) is 0 Å². The molecule has 21 heavy (non-hydrogen) atoms. The van der Waals surface area contributed by atoms with Gasteiger partial charge in [0.1, 0.15) is 5.75 Å². The number of rotatable bonds is 6. The molecule has 1 atom stereocenters. The van der Waals surface area contributed by atoms with Crippen molar-refractivity contribution in [3.05, 3.63) is 41.0 Å². The second-order valence-electron chi connectivity index (χ2n) is 5.30. The second-order valence-corrected chi connectivity index (χ2v) is 5.30. The molecular formula is C16H23N3O2. The molecule has 0 aliphatic rings. The number of aliphatic hydroxyl groups excluding tert-OH is 1. The minimum Gasteiger partial charge on any atom is -0.492 e. The number of hydrogen-bond donors (Lipinski definition) is 1. The van der Waals surface area contributed by atoms with Gasteiger partial charge in [-0.25, -0.2) is 0 Å². The smallest absolute Gasteiger partial charge is 0.137 e. The first-order valence-corrected chi connectivity index (χ1v) is 7.27.